The number of carbonyl (C=O) groups excluding carboxylic acids is 4. The van der Waals surface area contributed by atoms with Gasteiger partial charge in [0.05, 0.1) is 6.04 Å². The number of carboxylic acid groups (broad SMARTS) is 3. The second kappa shape index (κ2) is 18.3. The lowest BCUT2D eigenvalue weighted by molar-refractivity contribution is -0.143. The molecule has 1 aliphatic rings. The molecule has 0 spiro atoms. The van der Waals surface area contributed by atoms with E-state index in [4.69, 9.17) is 5.11 Å². The number of amides is 4. The number of phenols is 1. The highest BCUT2D eigenvalue weighted by molar-refractivity contribution is 5.96. The SMILES string of the molecule is CC(C)C[C@H](NC(=O)[C@H](Cc1ccc(O)cc1)NC(=O)[C@H](CCC(=O)O)NC(=O)[C@H](CCC(=O)O)NC(=O)[C@@H]1CCCN1)C(=O)O. The molecule has 1 aromatic rings. The van der Waals surface area contributed by atoms with E-state index in [-0.39, 0.29) is 30.9 Å². The second-order valence-corrected chi connectivity index (χ2v) is 11.6. The van der Waals surface area contributed by atoms with Crippen LogP contribution in [0.15, 0.2) is 24.3 Å². The van der Waals surface area contributed by atoms with Crippen molar-refractivity contribution in [1.29, 1.82) is 0 Å². The normalized spacial score (nSPS) is 16.8. The molecule has 9 N–H and O–H groups in total. The van der Waals surface area contributed by atoms with Crippen LogP contribution >= 0.6 is 0 Å². The summed E-state index contributed by atoms with van der Waals surface area (Å²) in [6, 6.07) is -0.454. The maximum Gasteiger partial charge on any atom is 0.326 e. The van der Waals surface area contributed by atoms with Gasteiger partial charge >= 0.3 is 17.9 Å². The Morgan fingerprint density at radius 3 is 1.74 bits per heavy atom. The van der Waals surface area contributed by atoms with E-state index in [2.05, 4.69) is 26.6 Å². The van der Waals surface area contributed by atoms with Crippen LogP contribution in [0, 0.1) is 5.92 Å². The fourth-order valence-corrected chi connectivity index (χ4v) is 4.84. The van der Waals surface area contributed by atoms with Crippen LogP contribution in [-0.2, 0) is 40.0 Å². The van der Waals surface area contributed by atoms with E-state index >= 15 is 0 Å². The number of carbonyl (C=O) groups is 7. The fraction of sp³-hybridized carbons (Fsp3) is 0.567. The molecule has 0 bridgehead atoms. The van der Waals surface area contributed by atoms with Gasteiger partial charge in [0.1, 0.15) is 29.9 Å². The summed E-state index contributed by atoms with van der Waals surface area (Å²) < 4.78 is 0. The molecule has 0 saturated carbocycles. The first-order valence-corrected chi connectivity index (χ1v) is 15.0. The van der Waals surface area contributed by atoms with Crippen molar-refractivity contribution >= 4 is 41.5 Å². The van der Waals surface area contributed by atoms with Crippen LogP contribution in [0.1, 0.15) is 64.4 Å². The molecule has 2 rings (SSSR count). The third kappa shape index (κ3) is 13.1. The summed E-state index contributed by atoms with van der Waals surface area (Å²) >= 11 is 0. The first-order chi connectivity index (χ1) is 21.7. The first-order valence-electron chi connectivity index (χ1n) is 15.0. The van der Waals surface area contributed by atoms with E-state index in [0.29, 0.717) is 18.5 Å². The molecule has 254 valence electrons. The maximum absolute atomic E-state index is 13.5. The molecule has 1 aromatic carbocycles. The van der Waals surface area contributed by atoms with Crippen LogP contribution in [0.4, 0.5) is 0 Å². The van der Waals surface area contributed by atoms with Crippen LogP contribution in [0.3, 0.4) is 0 Å². The molecule has 1 saturated heterocycles. The van der Waals surface area contributed by atoms with Gasteiger partial charge in [-0.3, -0.25) is 28.8 Å². The minimum Gasteiger partial charge on any atom is -0.508 e. The molecular weight excluding hydrogens is 606 g/mol. The molecule has 0 aromatic heterocycles. The first kappa shape index (κ1) is 37.5. The number of aliphatic carboxylic acids is 3. The number of carboxylic acids is 3. The Kier molecular flexibility index (Phi) is 14.9. The van der Waals surface area contributed by atoms with Gasteiger partial charge in [-0.05, 0) is 62.3 Å². The summed E-state index contributed by atoms with van der Waals surface area (Å²) in [5.74, 6) is -7.24. The predicted octanol–water partition coefficient (Wildman–Crippen LogP) is -0.514. The summed E-state index contributed by atoms with van der Waals surface area (Å²) in [4.78, 5) is 87.3. The van der Waals surface area contributed by atoms with E-state index < -0.39 is 91.0 Å². The van der Waals surface area contributed by atoms with Crippen molar-refractivity contribution in [3.63, 3.8) is 0 Å². The van der Waals surface area contributed by atoms with E-state index in [0.717, 1.165) is 6.42 Å². The number of benzene rings is 1. The van der Waals surface area contributed by atoms with Crippen LogP contribution in [0.5, 0.6) is 5.75 Å². The number of phenolic OH excluding ortho intramolecular Hbond substituents is 1. The van der Waals surface area contributed by atoms with Gasteiger partial charge < -0.3 is 47.0 Å². The summed E-state index contributed by atoms with van der Waals surface area (Å²) in [6.07, 6.45) is -0.618. The zero-order valence-corrected chi connectivity index (χ0v) is 25.8. The molecule has 1 heterocycles. The van der Waals surface area contributed by atoms with Crippen molar-refractivity contribution in [1.82, 2.24) is 26.6 Å². The Morgan fingerprint density at radius 2 is 1.26 bits per heavy atom. The Hall–Kier alpha value is -4.73. The lowest BCUT2D eigenvalue weighted by atomic mass is 10.0. The van der Waals surface area contributed by atoms with Gasteiger partial charge in [0.25, 0.3) is 0 Å². The summed E-state index contributed by atoms with van der Waals surface area (Å²) in [5, 5.41) is 50.4. The Balaban J connectivity index is 2.31. The standard InChI is InChI=1S/C30H43N5O11/c1-16(2)14-23(30(45)46)35-29(44)22(15-17-5-7-18(36)8-6-17)34-28(43)21(10-12-25(39)40)33-27(42)20(9-11-24(37)38)32-26(41)19-4-3-13-31-19/h5-8,16,19-23,31,36H,3-4,9-15H2,1-2H3,(H,32,41)(H,33,42)(H,34,43)(H,35,44)(H,37,38)(H,39,40)(H,45,46)/t19-,20-,21-,22-,23-/m0/s1. The van der Waals surface area contributed by atoms with Crippen molar-refractivity contribution in [3.8, 4) is 5.75 Å². The summed E-state index contributed by atoms with van der Waals surface area (Å²) in [5.41, 5.74) is 0.483. The molecular formula is C30H43N5O11. The highest BCUT2D eigenvalue weighted by atomic mass is 16.4. The average Bonchev–Trinajstić information content (AvgIpc) is 3.52. The quantitative estimate of drug-likeness (QED) is 0.0918. The summed E-state index contributed by atoms with van der Waals surface area (Å²) in [6.45, 7) is 4.12. The largest absolute Gasteiger partial charge is 0.508 e. The van der Waals surface area contributed by atoms with Crippen LogP contribution in [0.25, 0.3) is 0 Å². The molecule has 4 amide bonds. The number of hydrogen-bond acceptors (Lipinski definition) is 9. The third-order valence-corrected chi connectivity index (χ3v) is 7.27. The van der Waals surface area contributed by atoms with Crippen molar-refractivity contribution in [2.45, 2.75) is 95.4 Å². The Bertz CT molecular complexity index is 1250. The zero-order valence-electron chi connectivity index (χ0n) is 25.8. The van der Waals surface area contributed by atoms with Crippen molar-refractivity contribution in [3.05, 3.63) is 29.8 Å². The molecule has 16 nitrogen and oxygen atoms in total. The van der Waals surface area contributed by atoms with Crippen LogP contribution < -0.4 is 26.6 Å². The van der Waals surface area contributed by atoms with Crippen molar-refractivity contribution in [2.75, 3.05) is 6.54 Å². The van der Waals surface area contributed by atoms with E-state index in [9.17, 15) is 48.9 Å². The number of rotatable bonds is 19. The van der Waals surface area contributed by atoms with Crippen molar-refractivity contribution < 1.29 is 54.0 Å². The van der Waals surface area contributed by atoms with Crippen molar-refractivity contribution in [2.24, 2.45) is 5.92 Å². The Morgan fingerprint density at radius 1 is 0.761 bits per heavy atom. The minimum absolute atomic E-state index is 0.0543. The highest BCUT2D eigenvalue weighted by Crippen LogP contribution is 2.13. The van der Waals surface area contributed by atoms with Crippen LogP contribution in [-0.4, -0.2) is 98.7 Å². The molecule has 0 aliphatic carbocycles. The van der Waals surface area contributed by atoms with Gasteiger partial charge in [0.2, 0.25) is 23.6 Å². The van der Waals surface area contributed by atoms with E-state index in [1.165, 1.54) is 24.3 Å². The Labute approximate surface area is 265 Å². The molecule has 5 atom stereocenters. The lowest BCUT2D eigenvalue weighted by Crippen LogP contribution is -2.59. The number of hydrogen-bond donors (Lipinski definition) is 9. The molecule has 46 heavy (non-hydrogen) atoms. The smallest absolute Gasteiger partial charge is 0.326 e. The average molecular weight is 650 g/mol. The molecule has 1 fully saturated rings. The lowest BCUT2D eigenvalue weighted by Gasteiger charge is -2.26. The molecule has 1 aliphatic heterocycles. The second-order valence-electron chi connectivity index (χ2n) is 11.6. The predicted molar refractivity (Wildman–Crippen MR) is 161 cm³/mol. The fourth-order valence-electron chi connectivity index (χ4n) is 4.84. The van der Waals surface area contributed by atoms with Gasteiger partial charge in [-0.2, -0.15) is 0 Å². The van der Waals surface area contributed by atoms with E-state index in [1.54, 1.807) is 13.8 Å². The number of aromatic hydroxyl groups is 1. The van der Waals surface area contributed by atoms with E-state index in [1.807, 2.05) is 0 Å². The topological polar surface area (TPSA) is 261 Å². The van der Waals surface area contributed by atoms with Gasteiger partial charge in [0, 0.05) is 19.3 Å². The summed E-state index contributed by atoms with van der Waals surface area (Å²) in [7, 11) is 0. The van der Waals surface area contributed by atoms with Crippen LogP contribution in [0.2, 0.25) is 0 Å². The number of nitrogens with one attached hydrogen (secondary N) is 5. The van der Waals surface area contributed by atoms with Gasteiger partial charge in [-0.1, -0.05) is 26.0 Å². The highest BCUT2D eigenvalue weighted by Gasteiger charge is 2.33. The van der Waals surface area contributed by atoms with Gasteiger partial charge in [-0.25, -0.2) is 4.79 Å². The maximum atomic E-state index is 13.5. The molecule has 16 heteroatoms. The molecule has 0 unspecified atom stereocenters. The zero-order chi connectivity index (χ0) is 34.4. The monoisotopic (exact) mass is 649 g/mol. The molecule has 0 radical (unpaired) electrons. The van der Waals surface area contributed by atoms with Gasteiger partial charge in [0.15, 0.2) is 0 Å². The minimum atomic E-state index is -1.53. The third-order valence-electron chi connectivity index (χ3n) is 7.27. The van der Waals surface area contributed by atoms with Gasteiger partial charge in [-0.15, -0.1) is 0 Å².